The van der Waals surface area contributed by atoms with Crippen LogP contribution in [0.25, 0.3) is 0 Å². The monoisotopic (exact) mass is 252 g/mol. The van der Waals surface area contributed by atoms with Gasteiger partial charge < -0.3 is 0 Å². The third-order valence-electron chi connectivity index (χ3n) is 3.91. The van der Waals surface area contributed by atoms with E-state index in [0.29, 0.717) is 11.8 Å². The number of rotatable bonds is 6. The molecule has 0 fully saturated rings. The van der Waals surface area contributed by atoms with Crippen molar-refractivity contribution in [3.05, 3.63) is 71.8 Å². The Morgan fingerprint density at radius 2 is 1.32 bits per heavy atom. The number of hydrogen-bond acceptors (Lipinski definition) is 0. The molecular formula is C19H24. The first-order chi connectivity index (χ1) is 9.31. The summed E-state index contributed by atoms with van der Waals surface area (Å²) >= 11 is 0. The Morgan fingerprint density at radius 3 is 1.84 bits per heavy atom. The van der Waals surface area contributed by atoms with E-state index in [1.165, 1.54) is 30.4 Å². The van der Waals surface area contributed by atoms with E-state index in [4.69, 9.17) is 0 Å². The second kappa shape index (κ2) is 7.13. The highest BCUT2D eigenvalue weighted by molar-refractivity contribution is 5.23. The van der Waals surface area contributed by atoms with Gasteiger partial charge in [-0.2, -0.15) is 0 Å². The highest BCUT2D eigenvalue weighted by atomic mass is 14.2. The second-order valence-corrected chi connectivity index (χ2v) is 5.44. The quantitative estimate of drug-likeness (QED) is 0.612. The minimum absolute atomic E-state index is 0.623. The lowest BCUT2D eigenvalue weighted by Crippen LogP contribution is -2.04. The molecule has 0 saturated carbocycles. The maximum atomic E-state index is 2.35. The Kier molecular flexibility index (Phi) is 5.20. The van der Waals surface area contributed by atoms with Crippen LogP contribution < -0.4 is 0 Å². The third-order valence-corrected chi connectivity index (χ3v) is 3.91. The Morgan fingerprint density at radius 1 is 0.789 bits per heavy atom. The van der Waals surface area contributed by atoms with Gasteiger partial charge in [-0.05, 0) is 35.8 Å². The molecule has 2 aromatic rings. The van der Waals surface area contributed by atoms with Crippen molar-refractivity contribution < 1.29 is 0 Å². The van der Waals surface area contributed by atoms with Crippen LogP contribution in [0.15, 0.2) is 60.7 Å². The van der Waals surface area contributed by atoms with Gasteiger partial charge in [0.2, 0.25) is 0 Å². The summed E-state index contributed by atoms with van der Waals surface area (Å²) in [4.78, 5) is 0. The average molecular weight is 252 g/mol. The van der Waals surface area contributed by atoms with Crippen LogP contribution >= 0.6 is 0 Å². The van der Waals surface area contributed by atoms with Crippen molar-refractivity contribution in [2.75, 3.05) is 0 Å². The molecule has 0 aliphatic heterocycles. The van der Waals surface area contributed by atoms with Crippen LogP contribution in [0.1, 0.15) is 56.1 Å². The predicted molar refractivity (Wildman–Crippen MR) is 83.6 cm³/mol. The van der Waals surface area contributed by atoms with E-state index in [1.807, 2.05) is 0 Å². The van der Waals surface area contributed by atoms with Crippen molar-refractivity contribution in [1.29, 1.82) is 0 Å². The summed E-state index contributed by atoms with van der Waals surface area (Å²) in [5, 5.41) is 0. The summed E-state index contributed by atoms with van der Waals surface area (Å²) in [6, 6.07) is 21.8. The predicted octanol–water partition coefficient (Wildman–Crippen LogP) is 5.76. The lowest BCUT2D eigenvalue weighted by molar-refractivity contribution is 0.520. The molecule has 2 unspecified atom stereocenters. The van der Waals surface area contributed by atoms with E-state index in [1.54, 1.807) is 0 Å². The Hall–Kier alpha value is -1.56. The molecule has 0 amide bonds. The minimum atomic E-state index is 0.623. The molecule has 100 valence electrons. The van der Waals surface area contributed by atoms with Crippen LogP contribution in [0.4, 0.5) is 0 Å². The smallest absolute Gasteiger partial charge is 0.0156 e. The second-order valence-electron chi connectivity index (χ2n) is 5.44. The van der Waals surface area contributed by atoms with Gasteiger partial charge in [-0.3, -0.25) is 0 Å². The zero-order chi connectivity index (χ0) is 13.5. The van der Waals surface area contributed by atoms with Crippen LogP contribution in [0.2, 0.25) is 0 Å². The fourth-order valence-electron chi connectivity index (χ4n) is 2.84. The Labute approximate surface area is 117 Å². The van der Waals surface area contributed by atoms with E-state index >= 15 is 0 Å². The molecule has 0 N–H and O–H groups in total. The summed E-state index contributed by atoms with van der Waals surface area (Å²) in [5.74, 6) is 1.30. The fraction of sp³-hybridized carbons (Fsp3) is 0.368. The van der Waals surface area contributed by atoms with Crippen LogP contribution in [-0.4, -0.2) is 0 Å². The molecule has 0 nitrogen and oxygen atoms in total. The summed E-state index contributed by atoms with van der Waals surface area (Å²) in [6.45, 7) is 4.63. The summed E-state index contributed by atoms with van der Waals surface area (Å²) in [7, 11) is 0. The van der Waals surface area contributed by atoms with Gasteiger partial charge in [-0.25, -0.2) is 0 Å². The van der Waals surface area contributed by atoms with E-state index in [-0.39, 0.29) is 0 Å². The molecule has 0 bridgehead atoms. The highest BCUT2D eigenvalue weighted by Gasteiger charge is 2.15. The van der Waals surface area contributed by atoms with E-state index in [9.17, 15) is 0 Å². The number of hydrogen-bond donors (Lipinski definition) is 0. The van der Waals surface area contributed by atoms with Gasteiger partial charge in [0.25, 0.3) is 0 Å². The van der Waals surface area contributed by atoms with Gasteiger partial charge in [-0.1, -0.05) is 80.9 Å². The van der Waals surface area contributed by atoms with Crippen LogP contribution in [0, 0.1) is 0 Å². The summed E-state index contributed by atoms with van der Waals surface area (Å²) < 4.78 is 0. The lowest BCUT2D eigenvalue weighted by atomic mass is 9.84. The highest BCUT2D eigenvalue weighted by Crippen LogP contribution is 2.32. The van der Waals surface area contributed by atoms with E-state index in [2.05, 4.69) is 74.5 Å². The molecule has 0 aliphatic rings. The molecule has 2 atom stereocenters. The third kappa shape index (κ3) is 3.96. The summed E-state index contributed by atoms with van der Waals surface area (Å²) in [5.41, 5.74) is 2.95. The molecule has 0 aliphatic carbocycles. The van der Waals surface area contributed by atoms with Crippen molar-refractivity contribution in [1.82, 2.24) is 0 Å². The standard InChI is InChI=1S/C19H24/c1-3-10-19(18-13-8-5-9-14-18)15-16(2)17-11-6-4-7-12-17/h4-9,11-14,16,19H,3,10,15H2,1-2H3. The molecule has 0 aromatic heterocycles. The molecular weight excluding hydrogens is 228 g/mol. The van der Waals surface area contributed by atoms with Crippen LogP contribution in [0.5, 0.6) is 0 Å². The van der Waals surface area contributed by atoms with Crippen LogP contribution in [-0.2, 0) is 0 Å². The SMILES string of the molecule is CCCC(CC(C)c1ccccc1)c1ccccc1. The minimum Gasteiger partial charge on any atom is -0.0654 e. The van der Waals surface area contributed by atoms with Crippen molar-refractivity contribution >= 4 is 0 Å². The molecule has 2 rings (SSSR count). The average Bonchev–Trinajstić information content (AvgIpc) is 2.48. The Balaban J connectivity index is 2.09. The topological polar surface area (TPSA) is 0 Å². The number of benzene rings is 2. The maximum Gasteiger partial charge on any atom is -0.0156 e. The largest absolute Gasteiger partial charge is 0.0654 e. The van der Waals surface area contributed by atoms with Gasteiger partial charge in [0, 0.05) is 0 Å². The first kappa shape index (κ1) is 13.9. The summed E-state index contributed by atoms with van der Waals surface area (Å²) in [6.07, 6.45) is 3.77. The van der Waals surface area contributed by atoms with E-state index in [0.717, 1.165) is 0 Å². The zero-order valence-corrected chi connectivity index (χ0v) is 12.0. The molecule has 0 heteroatoms. The van der Waals surface area contributed by atoms with Gasteiger partial charge in [0.05, 0.1) is 0 Å². The van der Waals surface area contributed by atoms with Gasteiger partial charge in [0.1, 0.15) is 0 Å². The first-order valence-corrected chi connectivity index (χ1v) is 7.41. The van der Waals surface area contributed by atoms with E-state index < -0.39 is 0 Å². The van der Waals surface area contributed by atoms with Gasteiger partial charge in [-0.15, -0.1) is 0 Å². The maximum absolute atomic E-state index is 2.35. The zero-order valence-electron chi connectivity index (χ0n) is 12.0. The molecule has 0 radical (unpaired) electrons. The van der Waals surface area contributed by atoms with Gasteiger partial charge >= 0.3 is 0 Å². The molecule has 0 heterocycles. The normalized spacial score (nSPS) is 14.0. The van der Waals surface area contributed by atoms with Crippen molar-refractivity contribution in [3.8, 4) is 0 Å². The fourth-order valence-corrected chi connectivity index (χ4v) is 2.84. The van der Waals surface area contributed by atoms with Crippen molar-refractivity contribution in [2.24, 2.45) is 0 Å². The first-order valence-electron chi connectivity index (χ1n) is 7.41. The molecule has 2 aromatic carbocycles. The Bertz CT molecular complexity index is 458. The van der Waals surface area contributed by atoms with Gasteiger partial charge in [0.15, 0.2) is 0 Å². The van der Waals surface area contributed by atoms with Crippen molar-refractivity contribution in [2.45, 2.75) is 44.9 Å². The molecule has 0 saturated heterocycles. The van der Waals surface area contributed by atoms with Crippen LogP contribution in [0.3, 0.4) is 0 Å². The molecule has 19 heavy (non-hydrogen) atoms. The lowest BCUT2D eigenvalue weighted by Gasteiger charge is -2.21. The van der Waals surface area contributed by atoms with Crippen molar-refractivity contribution in [3.63, 3.8) is 0 Å². The molecule has 0 spiro atoms.